The number of para-hydroxylation sites is 1. The number of nitro groups is 1. The molecule has 0 unspecified atom stereocenters. The van der Waals surface area contributed by atoms with E-state index in [4.69, 9.17) is 16.3 Å². The molecule has 0 aliphatic heterocycles. The zero-order valence-electron chi connectivity index (χ0n) is 10.3. The highest BCUT2D eigenvalue weighted by atomic mass is 35.5. The lowest BCUT2D eigenvalue weighted by Gasteiger charge is -2.12. The maximum atomic E-state index is 10.5. The van der Waals surface area contributed by atoms with E-state index in [0.29, 0.717) is 5.75 Å². The average molecular weight is 298 g/mol. The van der Waals surface area contributed by atoms with Crippen LogP contribution in [0, 0.1) is 10.1 Å². The third-order valence-corrected chi connectivity index (χ3v) is 2.80. The van der Waals surface area contributed by atoms with E-state index in [1.54, 1.807) is 12.1 Å². The second-order valence-electron chi connectivity index (χ2n) is 4.06. The van der Waals surface area contributed by atoms with Crippen molar-refractivity contribution in [2.45, 2.75) is 12.6 Å². The Morgan fingerprint density at radius 2 is 2.15 bits per heavy atom. The summed E-state index contributed by atoms with van der Waals surface area (Å²) in [7, 11) is 0. The zero-order valence-corrected chi connectivity index (χ0v) is 11.1. The third kappa shape index (κ3) is 3.69. The van der Waals surface area contributed by atoms with Crippen molar-refractivity contribution >= 4 is 17.4 Å². The van der Waals surface area contributed by atoms with Crippen LogP contribution in [0.1, 0.15) is 0 Å². The largest absolute Gasteiger partial charge is 0.491 e. The minimum Gasteiger partial charge on any atom is -0.491 e. The van der Waals surface area contributed by atoms with Gasteiger partial charge in [-0.3, -0.25) is 4.57 Å². The van der Waals surface area contributed by atoms with Gasteiger partial charge in [-0.2, -0.15) is 0 Å². The molecule has 0 fully saturated rings. The Bertz CT molecular complexity index is 588. The van der Waals surface area contributed by atoms with Crippen LogP contribution in [-0.4, -0.2) is 32.3 Å². The van der Waals surface area contributed by atoms with Gasteiger partial charge in [-0.15, -0.1) is 0 Å². The number of nitrogens with zero attached hydrogens (tertiary/aromatic N) is 3. The number of benzene rings is 1. The molecule has 2 rings (SSSR count). The van der Waals surface area contributed by atoms with Gasteiger partial charge in [-0.25, -0.2) is 0 Å². The lowest BCUT2D eigenvalue weighted by Crippen LogP contribution is -2.23. The molecule has 0 saturated carbocycles. The predicted octanol–water partition coefficient (Wildman–Crippen LogP) is 1.88. The SMILES string of the molecule is O=[N+]([O-])c1cn(C[C@@H](O)COc2ccccc2)c(Cl)n1. The van der Waals surface area contributed by atoms with Crippen LogP contribution in [0.25, 0.3) is 0 Å². The molecule has 0 radical (unpaired) electrons. The second-order valence-corrected chi connectivity index (χ2v) is 4.39. The molecule has 1 heterocycles. The van der Waals surface area contributed by atoms with Crippen molar-refractivity contribution in [2.24, 2.45) is 0 Å². The van der Waals surface area contributed by atoms with E-state index in [-0.39, 0.29) is 24.3 Å². The van der Waals surface area contributed by atoms with Gasteiger partial charge in [0.2, 0.25) is 0 Å². The Kier molecular flexibility index (Phi) is 4.54. The molecule has 20 heavy (non-hydrogen) atoms. The summed E-state index contributed by atoms with van der Waals surface area (Å²) in [4.78, 5) is 13.5. The topological polar surface area (TPSA) is 90.4 Å². The van der Waals surface area contributed by atoms with Gasteiger partial charge in [0.05, 0.1) is 6.54 Å². The Morgan fingerprint density at radius 1 is 1.45 bits per heavy atom. The Hall–Kier alpha value is -2.12. The number of ether oxygens (including phenoxy) is 1. The first-order valence-electron chi connectivity index (χ1n) is 5.79. The molecule has 2 aromatic rings. The highest BCUT2D eigenvalue weighted by Crippen LogP contribution is 2.16. The summed E-state index contributed by atoms with van der Waals surface area (Å²) in [5, 5.41) is 20.3. The third-order valence-electron chi connectivity index (χ3n) is 2.50. The van der Waals surface area contributed by atoms with Gasteiger partial charge in [0.25, 0.3) is 0 Å². The van der Waals surface area contributed by atoms with Crippen molar-refractivity contribution in [3.05, 3.63) is 51.9 Å². The standard InChI is InChI=1S/C12H12ClN3O4/c13-12-14-11(16(18)19)7-15(12)6-9(17)8-20-10-4-2-1-3-5-10/h1-5,7,9,17H,6,8H2/t9-/m1/s1. The number of aliphatic hydroxyl groups excluding tert-OH is 1. The van der Waals surface area contributed by atoms with E-state index in [9.17, 15) is 15.2 Å². The van der Waals surface area contributed by atoms with Crippen LogP contribution in [0.2, 0.25) is 5.28 Å². The minimum atomic E-state index is -0.860. The fourth-order valence-electron chi connectivity index (χ4n) is 1.59. The summed E-state index contributed by atoms with van der Waals surface area (Å²) in [6, 6.07) is 9.02. The maximum Gasteiger partial charge on any atom is 0.383 e. The Balaban J connectivity index is 1.91. The number of imidazole rings is 1. The van der Waals surface area contributed by atoms with E-state index in [1.165, 1.54) is 10.8 Å². The van der Waals surface area contributed by atoms with Crippen molar-refractivity contribution in [1.29, 1.82) is 0 Å². The molecule has 1 aromatic carbocycles. The second kappa shape index (κ2) is 6.36. The molecule has 0 amide bonds. The molecule has 7 nitrogen and oxygen atoms in total. The molecule has 0 saturated heterocycles. The number of aliphatic hydroxyl groups is 1. The molecule has 1 atom stereocenters. The first-order chi connectivity index (χ1) is 9.56. The van der Waals surface area contributed by atoms with E-state index in [1.807, 2.05) is 18.2 Å². The monoisotopic (exact) mass is 297 g/mol. The summed E-state index contributed by atoms with van der Waals surface area (Å²) in [6.45, 7) is 0.110. The van der Waals surface area contributed by atoms with Crippen molar-refractivity contribution in [2.75, 3.05) is 6.61 Å². The first-order valence-corrected chi connectivity index (χ1v) is 6.17. The minimum absolute atomic E-state index is 0.0459. The molecule has 0 aliphatic rings. The van der Waals surface area contributed by atoms with Crippen LogP contribution in [0.3, 0.4) is 0 Å². The van der Waals surface area contributed by atoms with Gasteiger partial charge in [0, 0.05) is 0 Å². The lowest BCUT2D eigenvalue weighted by molar-refractivity contribution is -0.389. The maximum absolute atomic E-state index is 10.5. The lowest BCUT2D eigenvalue weighted by atomic mass is 10.3. The van der Waals surface area contributed by atoms with Crippen LogP contribution in [0.15, 0.2) is 36.5 Å². The molecule has 0 aliphatic carbocycles. The quantitative estimate of drug-likeness (QED) is 0.649. The molecule has 0 spiro atoms. The van der Waals surface area contributed by atoms with Gasteiger partial charge in [0.1, 0.15) is 24.7 Å². The van der Waals surface area contributed by atoms with E-state index in [0.717, 1.165) is 0 Å². The fourth-order valence-corrected chi connectivity index (χ4v) is 1.79. The van der Waals surface area contributed by atoms with Crippen molar-refractivity contribution in [3.8, 4) is 5.75 Å². The van der Waals surface area contributed by atoms with Crippen molar-refractivity contribution in [3.63, 3.8) is 0 Å². The highest BCUT2D eigenvalue weighted by molar-refractivity contribution is 6.28. The van der Waals surface area contributed by atoms with Gasteiger partial charge in [-0.05, 0) is 33.6 Å². The molecule has 106 valence electrons. The summed E-state index contributed by atoms with van der Waals surface area (Å²) in [5.41, 5.74) is 0. The van der Waals surface area contributed by atoms with Crippen LogP contribution in [0.5, 0.6) is 5.75 Å². The predicted molar refractivity (Wildman–Crippen MR) is 71.8 cm³/mol. The number of hydrogen-bond donors (Lipinski definition) is 1. The van der Waals surface area contributed by atoms with E-state index >= 15 is 0 Å². The van der Waals surface area contributed by atoms with Crippen LogP contribution >= 0.6 is 11.6 Å². The fraction of sp³-hybridized carbons (Fsp3) is 0.250. The van der Waals surface area contributed by atoms with Crippen LogP contribution < -0.4 is 4.74 Å². The molecule has 8 heteroatoms. The Labute approximate surface area is 119 Å². The summed E-state index contributed by atoms with van der Waals surface area (Å²) >= 11 is 5.75. The summed E-state index contributed by atoms with van der Waals surface area (Å²) in [6.07, 6.45) is 0.315. The summed E-state index contributed by atoms with van der Waals surface area (Å²) < 4.78 is 6.68. The summed E-state index contributed by atoms with van der Waals surface area (Å²) in [5.74, 6) is 0.278. The number of hydrogen-bond acceptors (Lipinski definition) is 5. The highest BCUT2D eigenvalue weighted by Gasteiger charge is 2.19. The van der Waals surface area contributed by atoms with E-state index in [2.05, 4.69) is 4.98 Å². The molecule has 1 aromatic heterocycles. The number of halogens is 1. The van der Waals surface area contributed by atoms with Crippen LogP contribution in [-0.2, 0) is 6.54 Å². The van der Waals surface area contributed by atoms with Gasteiger partial charge in [-0.1, -0.05) is 18.2 Å². The van der Waals surface area contributed by atoms with Gasteiger partial charge < -0.3 is 20.0 Å². The van der Waals surface area contributed by atoms with Crippen molar-refractivity contribution in [1.82, 2.24) is 9.55 Å². The van der Waals surface area contributed by atoms with E-state index < -0.39 is 11.0 Å². The molecular formula is C12H12ClN3O4. The number of aromatic nitrogens is 2. The first kappa shape index (κ1) is 14.3. The van der Waals surface area contributed by atoms with Crippen molar-refractivity contribution < 1.29 is 14.8 Å². The number of rotatable bonds is 6. The van der Waals surface area contributed by atoms with Gasteiger partial charge in [0.15, 0.2) is 0 Å². The molecular weight excluding hydrogens is 286 g/mol. The molecule has 1 N–H and O–H groups in total. The average Bonchev–Trinajstić information content (AvgIpc) is 2.79. The molecule has 0 bridgehead atoms. The normalized spacial score (nSPS) is 12.1. The smallest absolute Gasteiger partial charge is 0.383 e. The van der Waals surface area contributed by atoms with Crippen LogP contribution in [0.4, 0.5) is 5.82 Å². The van der Waals surface area contributed by atoms with Gasteiger partial charge >= 0.3 is 11.1 Å². The zero-order chi connectivity index (χ0) is 14.5. The Morgan fingerprint density at radius 3 is 2.75 bits per heavy atom.